The Hall–Kier alpha value is -7.17. The van der Waals surface area contributed by atoms with Gasteiger partial charge in [0.2, 0.25) is 0 Å². The van der Waals surface area contributed by atoms with E-state index < -0.39 is 0 Å². The van der Waals surface area contributed by atoms with Gasteiger partial charge >= 0.3 is 0 Å². The van der Waals surface area contributed by atoms with Crippen molar-refractivity contribution in [3.63, 3.8) is 0 Å². The number of pyridine rings is 3. The van der Waals surface area contributed by atoms with Gasteiger partial charge in [-0.2, -0.15) is 0 Å². The number of rotatable bonds is 3. The molecule has 4 heterocycles. The smallest absolute Gasteiger partial charge is 0.145 e. The van der Waals surface area contributed by atoms with Crippen LogP contribution in [-0.4, -0.2) is 19.4 Å². The Morgan fingerprint density at radius 2 is 1.15 bits per heavy atom. The van der Waals surface area contributed by atoms with Gasteiger partial charge in [0.25, 0.3) is 0 Å². The molecule has 0 fully saturated rings. The molecule has 12 rings (SSSR count). The molecule has 0 aliphatic heterocycles. The van der Waals surface area contributed by atoms with Gasteiger partial charge in [0.05, 0.1) is 11.2 Å². The van der Waals surface area contributed by atoms with E-state index >= 15 is 0 Å². The highest BCUT2D eigenvalue weighted by molar-refractivity contribution is 6.17. The van der Waals surface area contributed by atoms with E-state index in [-0.39, 0.29) is 0 Å². The van der Waals surface area contributed by atoms with Gasteiger partial charge in [-0.05, 0) is 102 Å². The SMILES string of the molecule is c1cncc(-c2nc3ccccc3c3nc4c(-c5ccc6c(c5)-c5cccc7cccc-6c57)cc(-c5c6ccccc6cc6ccccc56)cn4c23)c1. The largest absolute Gasteiger partial charge is 0.296 e. The second-order valence-corrected chi connectivity index (χ2v) is 14.0. The number of hydrogen-bond acceptors (Lipinski definition) is 3. The minimum atomic E-state index is 0.862. The lowest BCUT2D eigenvalue weighted by Crippen LogP contribution is -1.96. The number of imidazole rings is 1. The van der Waals surface area contributed by atoms with Crippen LogP contribution >= 0.6 is 0 Å². The average Bonchev–Trinajstić information content (AvgIpc) is 3.77. The van der Waals surface area contributed by atoms with Crippen molar-refractivity contribution in [3.8, 4) is 55.8 Å². The first-order valence-corrected chi connectivity index (χ1v) is 18.0. The summed E-state index contributed by atoms with van der Waals surface area (Å²) in [6.45, 7) is 0. The third-order valence-corrected chi connectivity index (χ3v) is 11.1. The summed E-state index contributed by atoms with van der Waals surface area (Å²) < 4.78 is 2.29. The standard InChI is InChI=1S/C49H28N4/c1-3-15-35-30(10-1)24-31-11-2-4-16-36(31)45(35)34-26-41(32-21-22-37-38-18-7-12-29-13-8-19-39(44(29)38)42(37)25-32)49-52-47-40-17-5-6-20-43(40)51-46(48(47)53(49)28-34)33-14-9-23-50-27-33/h1-28H. The summed E-state index contributed by atoms with van der Waals surface area (Å²) in [5.41, 5.74) is 15.2. The molecule has 4 heteroatoms. The molecule has 0 saturated carbocycles. The first-order chi connectivity index (χ1) is 26.3. The van der Waals surface area contributed by atoms with Crippen LogP contribution in [0.15, 0.2) is 170 Å². The summed E-state index contributed by atoms with van der Waals surface area (Å²) in [4.78, 5) is 15.3. The van der Waals surface area contributed by atoms with Gasteiger partial charge in [-0.1, -0.05) is 115 Å². The highest BCUT2D eigenvalue weighted by Gasteiger charge is 2.24. The maximum atomic E-state index is 5.54. The molecule has 11 aromatic rings. The van der Waals surface area contributed by atoms with E-state index in [0.717, 1.165) is 55.5 Å². The summed E-state index contributed by atoms with van der Waals surface area (Å²) >= 11 is 0. The van der Waals surface area contributed by atoms with Crippen molar-refractivity contribution >= 4 is 59.9 Å². The van der Waals surface area contributed by atoms with Crippen LogP contribution in [0.5, 0.6) is 0 Å². The lowest BCUT2D eigenvalue weighted by molar-refractivity contribution is 1.22. The van der Waals surface area contributed by atoms with Crippen LogP contribution in [0.2, 0.25) is 0 Å². The van der Waals surface area contributed by atoms with E-state index in [9.17, 15) is 0 Å². The molecular weight excluding hydrogens is 645 g/mol. The van der Waals surface area contributed by atoms with Crippen molar-refractivity contribution in [3.05, 3.63) is 170 Å². The Bertz CT molecular complexity index is 3280. The average molecular weight is 673 g/mol. The zero-order chi connectivity index (χ0) is 34.6. The fourth-order valence-electron chi connectivity index (χ4n) is 8.84. The Balaban J connectivity index is 1.24. The molecule has 0 spiro atoms. The second-order valence-electron chi connectivity index (χ2n) is 14.0. The number of hydrogen-bond donors (Lipinski definition) is 0. The van der Waals surface area contributed by atoms with E-state index in [1.807, 2.05) is 24.5 Å². The van der Waals surface area contributed by atoms with Gasteiger partial charge < -0.3 is 0 Å². The Labute approximate surface area is 304 Å². The van der Waals surface area contributed by atoms with Crippen molar-refractivity contribution in [2.45, 2.75) is 0 Å². The number of fused-ring (bicyclic) bond motifs is 10. The predicted octanol–water partition coefficient (Wildman–Crippen LogP) is 12.5. The molecule has 0 atom stereocenters. The van der Waals surface area contributed by atoms with Crippen LogP contribution < -0.4 is 0 Å². The minimum absolute atomic E-state index is 0.862. The van der Waals surface area contributed by atoms with Gasteiger partial charge in [-0.25, -0.2) is 9.97 Å². The van der Waals surface area contributed by atoms with E-state index in [0.29, 0.717) is 0 Å². The Morgan fingerprint density at radius 1 is 0.453 bits per heavy atom. The van der Waals surface area contributed by atoms with Crippen molar-refractivity contribution in [1.29, 1.82) is 0 Å². The fraction of sp³-hybridized carbons (Fsp3) is 0. The number of benzene rings is 7. The third kappa shape index (κ3) is 4.03. The molecular formula is C49H28N4. The molecule has 0 bridgehead atoms. The lowest BCUT2D eigenvalue weighted by atomic mass is 9.91. The third-order valence-electron chi connectivity index (χ3n) is 11.1. The van der Waals surface area contributed by atoms with Crippen LogP contribution in [0.3, 0.4) is 0 Å². The molecule has 4 aromatic heterocycles. The highest BCUT2D eigenvalue weighted by Crippen LogP contribution is 2.49. The van der Waals surface area contributed by atoms with E-state index in [2.05, 4.69) is 155 Å². The van der Waals surface area contributed by atoms with E-state index in [1.54, 1.807) is 0 Å². The van der Waals surface area contributed by atoms with Crippen molar-refractivity contribution < 1.29 is 0 Å². The molecule has 0 unspecified atom stereocenters. The van der Waals surface area contributed by atoms with Gasteiger partial charge in [0, 0.05) is 40.7 Å². The van der Waals surface area contributed by atoms with Crippen molar-refractivity contribution in [2.24, 2.45) is 0 Å². The summed E-state index contributed by atoms with van der Waals surface area (Å²) in [5, 5.41) is 8.48. The quantitative estimate of drug-likeness (QED) is 0.175. The first-order valence-electron chi connectivity index (χ1n) is 18.0. The van der Waals surface area contributed by atoms with Gasteiger partial charge in [0.1, 0.15) is 16.7 Å². The van der Waals surface area contributed by atoms with E-state index in [4.69, 9.17) is 9.97 Å². The number of nitrogens with zero attached hydrogens (tertiary/aromatic N) is 4. The topological polar surface area (TPSA) is 43.1 Å². The molecule has 7 aromatic carbocycles. The summed E-state index contributed by atoms with van der Waals surface area (Å²) in [5.74, 6) is 0. The molecule has 0 amide bonds. The molecule has 1 aliphatic carbocycles. The molecule has 1 aliphatic rings. The lowest BCUT2D eigenvalue weighted by Gasteiger charge is -2.16. The zero-order valence-corrected chi connectivity index (χ0v) is 28.5. The molecule has 0 saturated heterocycles. The predicted molar refractivity (Wildman–Crippen MR) is 219 cm³/mol. The van der Waals surface area contributed by atoms with Crippen LogP contribution in [-0.2, 0) is 0 Å². The zero-order valence-electron chi connectivity index (χ0n) is 28.5. The summed E-state index contributed by atoms with van der Waals surface area (Å²) in [6, 6.07) is 54.7. The van der Waals surface area contributed by atoms with Crippen LogP contribution in [0.4, 0.5) is 0 Å². The Kier molecular flexibility index (Phi) is 5.74. The second kappa shape index (κ2) is 10.7. The fourth-order valence-corrected chi connectivity index (χ4v) is 8.84. The van der Waals surface area contributed by atoms with Gasteiger partial charge in [-0.15, -0.1) is 0 Å². The normalized spacial score (nSPS) is 12.2. The summed E-state index contributed by atoms with van der Waals surface area (Å²) in [6.07, 6.45) is 5.99. The van der Waals surface area contributed by atoms with Crippen molar-refractivity contribution in [2.75, 3.05) is 0 Å². The molecule has 0 radical (unpaired) electrons. The van der Waals surface area contributed by atoms with Crippen LogP contribution in [0, 0.1) is 0 Å². The monoisotopic (exact) mass is 672 g/mol. The van der Waals surface area contributed by atoms with Crippen molar-refractivity contribution in [1.82, 2.24) is 19.4 Å². The number of aromatic nitrogens is 4. The molecule has 0 N–H and O–H groups in total. The maximum absolute atomic E-state index is 5.54. The van der Waals surface area contributed by atoms with Crippen LogP contribution in [0.25, 0.3) is 116 Å². The molecule has 244 valence electrons. The Morgan fingerprint density at radius 3 is 1.92 bits per heavy atom. The maximum Gasteiger partial charge on any atom is 0.145 e. The van der Waals surface area contributed by atoms with Gasteiger partial charge in [-0.3, -0.25) is 9.38 Å². The highest BCUT2D eigenvalue weighted by atomic mass is 15.0. The number of para-hydroxylation sites is 1. The first kappa shape index (κ1) is 28.5. The van der Waals surface area contributed by atoms with Gasteiger partial charge in [0.15, 0.2) is 0 Å². The molecule has 4 nitrogen and oxygen atoms in total. The minimum Gasteiger partial charge on any atom is -0.296 e. The van der Waals surface area contributed by atoms with E-state index in [1.165, 1.54) is 60.1 Å². The van der Waals surface area contributed by atoms with Crippen LogP contribution in [0.1, 0.15) is 0 Å². The molecule has 53 heavy (non-hydrogen) atoms. The summed E-state index contributed by atoms with van der Waals surface area (Å²) in [7, 11) is 0.